The molecule has 0 fully saturated rings. The van der Waals surface area contributed by atoms with Gasteiger partial charge in [-0.15, -0.1) is 24.3 Å². The standard InChI is InChI=1S/C19H24.C17H18.2CH3.2Y/c1-5-15-7-11-17(12-8-15)19(3,4)18-13-9-16(6-2)10-14-18;1-13-5-9-15(10-6-13)17(3,4)16-11-7-14(2)8-12-16;;;;/h7-14H,5-6H2,1-4H3;5-12H,1-2H2,3-4H3;2*1H3;;/q;-2;2*-1;;. The first kappa shape index (κ1) is 41.0. The maximum Gasteiger partial charge on any atom is 0.0146 e. The van der Waals surface area contributed by atoms with Crippen molar-refractivity contribution in [1.29, 1.82) is 0 Å². The van der Waals surface area contributed by atoms with E-state index < -0.39 is 0 Å². The maximum absolute atomic E-state index is 3.92. The van der Waals surface area contributed by atoms with E-state index >= 15 is 0 Å². The third kappa shape index (κ3) is 10.6. The van der Waals surface area contributed by atoms with Crippen molar-refractivity contribution in [2.24, 2.45) is 0 Å². The first-order valence-corrected chi connectivity index (χ1v) is 13.1. The molecule has 0 amide bonds. The minimum absolute atomic E-state index is 0. The van der Waals surface area contributed by atoms with Crippen molar-refractivity contribution in [1.82, 2.24) is 0 Å². The molecule has 2 radical (unpaired) electrons. The molecule has 0 heterocycles. The van der Waals surface area contributed by atoms with Crippen molar-refractivity contribution in [3.05, 3.63) is 170 Å². The van der Waals surface area contributed by atoms with Crippen molar-refractivity contribution in [2.75, 3.05) is 0 Å². The smallest absolute Gasteiger partial charge is 0.0146 e. The zero-order chi connectivity index (χ0) is 26.3. The van der Waals surface area contributed by atoms with Gasteiger partial charge in [-0.2, -0.15) is 49.2 Å². The summed E-state index contributed by atoms with van der Waals surface area (Å²) in [5.41, 5.74) is 10.4. The SMILES string of the molecule is CCc1ccc(C(C)(C)c2ccc(CC)cc2)cc1.[CH2-]c1ccc(C(C)(C)c2ccc([CH2-])cc2)cc1.[CH3-].[CH3-].[Y].[Y]. The number of hydrogen-bond acceptors (Lipinski definition) is 0. The van der Waals surface area contributed by atoms with Gasteiger partial charge in [-0.3, -0.25) is 0 Å². The Balaban J connectivity index is 0. The molecular weight excluding hydrogens is 634 g/mol. The number of aryl methyl sites for hydroxylation is 2. The molecule has 40 heavy (non-hydrogen) atoms. The van der Waals surface area contributed by atoms with E-state index in [1.165, 1.54) is 33.4 Å². The average molecular weight is 683 g/mol. The summed E-state index contributed by atoms with van der Waals surface area (Å²) >= 11 is 0. The Hall–Kier alpha value is -1.17. The van der Waals surface area contributed by atoms with Gasteiger partial charge in [-0.05, 0) is 35.1 Å². The normalized spacial score (nSPS) is 10.3. The molecule has 0 nitrogen and oxygen atoms in total. The van der Waals surface area contributed by atoms with Gasteiger partial charge in [0.05, 0.1) is 0 Å². The minimum Gasteiger partial charge on any atom is -0.358 e. The fourth-order valence-corrected chi connectivity index (χ4v) is 4.49. The monoisotopic (exact) mass is 682 g/mol. The zero-order valence-corrected chi connectivity index (χ0v) is 31.9. The van der Waals surface area contributed by atoms with Gasteiger partial charge in [-0.1, -0.05) is 101 Å². The number of benzene rings is 4. The molecule has 0 unspecified atom stereocenters. The van der Waals surface area contributed by atoms with E-state index in [1.807, 2.05) is 0 Å². The van der Waals surface area contributed by atoms with Crippen LogP contribution in [-0.4, -0.2) is 0 Å². The van der Waals surface area contributed by atoms with E-state index in [-0.39, 0.29) is 91.1 Å². The summed E-state index contributed by atoms with van der Waals surface area (Å²) in [6, 6.07) is 34.9. The van der Waals surface area contributed by atoms with Crippen LogP contribution in [0.1, 0.15) is 86.1 Å². The van der Waals surface area contributed by atoms with Gasteiger partial charge >= 0.3 is 0 Å². The Kier molecular flexibility index (Phi) is 18.8. The zero-order valence-electron chi connectivity index (χ0n) is 26.2. The predicted molar refractivity (Wildman–Crippen MR) is 171 cm³/mol. The Morgan fingerprint density at radius 1 is 0.425 bits per heavy atom. The molecule has 210 valence electrons. The molecule has 0 saturated heterocycles. The van der Waals surface area contributed by atoms with E-state index in [0.717, 1.165) is 24.0 Å². The van der Waals surface area contributed by atoms with Crippen LogP contribution < -0.4 is 0 Å². The minimum atomic E-state index is 0. The van der Waals surface area contributed by atoms with E-state index in [4.69, 9.17) is 0 Å². The summed E-state index contributed by atoms with van der Waals surface area (Å²) in [4.78, 5) is 0. The van der Waals surface area contributed by atoms with Crippen molar-refractivity contribution < 1.29 is 65.4 Å². The number of hydrogen-bond donors (Lipinski definition) is 0. The summed E-state index contributed by atoms with van der Waals surface area (Å²) in [6.45, 7) is 21.3. The average Bonchev–Trinajstić information content (AvgIpc) is 2.89. The van der Waals surface area contributed by atoms with Crippen molar-refractivity contribution in [3.63, 3.8) is 0 Å². The molecule has 0 saturated carbocycles. The molecule has 0 aliphatic carbocycles. The van der Waals surface area contributed by atoms with E-state index in [0.29, 0.717) is 0 Å². The van der Waals surface area contributed by atoms with Crippen LogP contribution in [0.15, 0.2) is 97.1 Å². The Morgan fingerprint density at radius 3 is 0.825 bits per heavy atom. The van der Waals surface area contributed by atoms with Crippen LogP contribution in [0.3, 0.4) is 0 Å². The predicted octanol–water partition coefficient (Wildman–Crippen LogP) is 10.4. The van der Waals surface area contributed by atoms with E-state index in [2.05, 4.69) is 152 Å². The molecular formula is C38H48Y2-4. The van der Waals surface area contributed by atoms with Gasteiger partial charge in [0, 0.05) is 76.2 Å². The summed E-state index contributed by atoms with van der Waals surface area (Å²) in [5.74, 6) is 0. The molecule has 4 rings (SSSR count). The Labute approximate surface area is 297 Å². The molecule has 0 spiro atoms. The molecule has 0 aliphatic rings. The van der Waals surface area contributed by atoms with Gasteiger partial charge in [0.1, 0.15) is 0 Å². The second-order valence-corrected chi connectivity index (χ2v) is 10.7. The fourth-order valence-electron chi connectivity index (χ4n) is 4.49. The molecule has 2 heteroatoms. The van der Waals surface area contributed by atoms with Crippen molar-refractivity contribution >= 4 is 0 Å². The molecule has 4 aromatic carbocycles. The molecule has 0 aliphatic heterocycles. The topological polar surface area (TPSA) is 0 Å². The van der Waals surface area contributed by atoms with Crippen LogP contribution in [0.4, 0.5) is 0 Å². The maximum atomic E-state index is 3.92. The molecule has 0 aromatic heterocycles. The van der Waals surface area contributed by atoms with Crippen LogP contribution in [0.5, 0.6) is 0 Å². The Morgan fingerprint density at radius 2 is 0.625 bits per heavy atom. The van der Waals surface area contributed by atoms with Gasteiger partial charge in [0.15, 0.2) is 0 Å². The van der Waals surface area contributed by atoms with Gasteiger partial charge < -0.3 is 14.9 Å². The first-order valence-electron chi connectivity index (χ1n) is 13.1. The third-order valence-corrected chi connectivity index (χ3v) is 7.52. The molecule has 0 bridgehead atoms. The van der Waals surface area contributed by atoms with Crippen LogP contribution in [0, 0.1) is 28.7 Å². The number of rotatable bonds is 6. The summed E-state index contributed by atoms with van der Waals surface area (Å²) in [6.07, 6.45) is 2.21. The van der Waals surface area contributed by atoms with Gasteiger partial charge in [0.2, 0.25) is 0 Å². The summed E-state index contributed by atoms with van der Waals surface area (Å²) < 4.78 is 0. The van der Waals surface area contributed by atoms with Crippen LogP contribution in [0.2, 0.25) is 0 Å². The quantitative estimate of drug-likeness (QED) is 0.178. The van der Waals surface area contributed by atoms with Crippen LogP contribution in [-0.2, 0) is 89.1 Å². The van der Waals surface area contributed by atoms with E-state index in [9.17, 15) is 0 Å². The Bertz CT molecular complexity index is 1120. The van der Waals surface area contributed by atoms with E-state index in [1.54, 1.807) is 0 Å². The summed E-state index contributed by atoms with van der Waals surface area (Å²) in [5, 5.41) is 0. The van der Waals surface area contributed by atoms with Gasteiger partial charge in [0.25, 0.3) is 0 Å². The van der Waals surface area contributed by atoms with Crippen molar-refractivity contribution in [2.45, 2.75) is 65.2 Å². The van der Waals surface area contributed by atoms with Gasteiger partial charge in [-0.25, -0.2) is 0 Å². The van der Waals surface area contributed by atoms with Crippen LogP contribution in [0.25, 0.3) is 0 Å². The second kappa shape index (κ2) is 18.4. The van der Waals surface area contributed by atoms with Crippen molar-refractivity contribution in [3.8, 4) is 0 Å². The third-order valence-electron chi connectivity index (χ3n) is 7.52. The largest absolute Gasteiger partial charge is 0.358 e. The fraction of sp³-hybridized carbons (Fsp3) is 0.263. The molecule has 0 atom stereocenters. The summed E-state index contributed by atoms with van der Waals surface area (Å²) in [7, 11) is 0. The molecule has 4 aromatic rings. The molecule has 0 N–H and O–H groups in total. The second-order valence-electron chi connectivity index (χ2n) is 10.7. The first-order chi connectivity index (χ1) is 17.1. The van der Waals surface area contributed by atoms with Crippen LogP contribution >= 0.6 is 0 Å².